The summed E-state index contributed by atoms with van der Waals surface area (Å²) in [7, 11) is 3.27. The van der Waals surface area contributed by atoms with Crippen LogP contribution >= 0.6 is 11.6 Å². The molecule has 6 nitrogen and oxygen atoms in total. The van der Waals surface area contributed by atoms with Crippen molar-refractivity contribution in [3.63, 3.8) is 0 Å². The van der Waals surface area contributed by atoms with Gasteiger partial charge in [-0.05, 0) is 55.3 Å². The van der Waals surface area contributed by atoms with Crippen LogP contribution in [-0.2, 0) is 5.88 Å². The minimum absolute atomic E-state index is 0.460. The van der Waals surface area contributed by atoms with E-state index in [0.717, 1.165) is 33.9 Å². The zero-order chi connectivity index (χ0) is 21.3. The van der Waals surface area contributed by atoms with Gasteiger partial charge in [-0.15, -0.1) is 11.6 Å². The van der Waals surface area contributed by atoms with E-state index in [0.29, 0.717) is 17.4 Å². The van der Waals surface area contributed by atoms with Gasteiger partial charge in [-0.25, -0.2) is 4.99 Å². The lowest BCUT2D eigenvalue weighted by Gasteiger charge is -2.31. The van der Waals surface area contributed by atoms with Gasteiger partial charge in [-0.2, -0.15) is 5.43 Å². The minimum Gasteiger partial charge on any atom is -0.493 e. The molecule has 156 valence electrons. The highest BCUT2D eigenvalue weighted by Crippen LogP contribution is 2.42. The average molecular weight is 425 g/mol. The third-order valence-corrected chi connectivity index (χ3v) is 5.50. The Hall–Kier alpha value is -2.96. The molecule has 0 amide bonds. The monoisotopic (exact) mass is 424 g/mol. The highest BCUT2D eigenvalue weighted by Gasteiger charge is 2.42. The predicted molar refractivity (Wildman–Crippen MR) is 122 cm³/mol. The number of nitrogens with one attached hydrogen (secondary N) is 2. The third-order valence-electron chi connectivity index (χ3n) is 5.19. The topological polar surface area (TPSA) is 58.1 Å². The molecule has 0 spiro atoms. The molecular formula is C23H25ClN4O2. The van der Waals surface area contributed by atoms with Crippen molar-refractivity contribution in [3.8, 4) is 11.5 Å². The number of anilines is 1. The van der Waals surface area contributed by atoms with E-state index in [-0.39, 0.29) is 0 Å². The van der Waals surface area contributed by atoms with Gasteiger partial charge in [0.15, 0.2) is 17.3 Å². The van der Waals surface area contributed by atoms with E-state index in [1.165, 1.54) is 0 Å². The molecule has 0 bridgehead atoms. The van der Waals surface area contributed by atoms with E-state index in [1.807, 2.05) is 60.6 Å². The van der Waals surface area contributed by atoms with Crippen LogP contribution in [0.2, 0.25) is 0 Å². The molecule has 0 aromatic heterocycles. The first kappa shape index (κ1) is 20.3. The van der Waals surface area contributed by atoms with Crippen molar-refractivity contribution in [2.75, 3.05) is 19.5 Å². The predicted octanol–water partition coefficient (Wildman–Crippen LogP) is 4.75. The minimum atomic E-state index is -0.627. The standard InChI is InChI=1S/C23H25ClN4O2/c1-15-10-11-28-22(25-15)21(17-8-9-19(29-3)20(13-17)30-4)23(2,27-28)26-18-7-5-6-16(12-18)14-24/h5-13,26-27H,14H2,1-4H3. The molecule has 2 aliphatic rings. The summed E-state index contributed by atoms with van der Waals surface area (Å²) in [5, 5.41) is 5.58. The molecule has 0 saturated carbocycles. The van der Waals surface area contributed by atoms with E-state index in [9.17, 15) is 0 Å². The van der Waals surface area contributed by atoms with Gasteiger partial charge in [0, 0.05) is 29.1 Å². The lowest BCUT2D eigenvalue weighted by Crippen LogP contribution is -2.50. The number of nitrogens with zero attached hydrogens (tertiary/aromatic N) is 2. The molecular weight excluding hydrogens is 400 g/mol. The van der Waals surface area contributed by atoms with Crippen molar-refractivity contribution in [2.24, 2.45) is 4.99 Å². The van der Waals surface area contributed by atoms with Crippen molar-refractivity contribution in [1.29, 1.82) is 0 Å². The molecule has 2 aromatic carbocycles. The second-order valence-corrected chi connectivity index (χ2v) is 7.67. The lowest BCUT2D eigenvalue weighted by molar-refractivity contribution is 0.300. The van der Waals surface area contributed by atoms with Gasteiger partial charge in [0.05, 0.1) is 14.2 Å². The maximum absolute atomic E-state index is 6.04. The number of ether oxygens (including phenoxy) is 2. The van der Waals surface area contributed by atoms with Crippen LogP contribution in [0.1, 0.15) is 25.0 Å². The summed E-state index contributed by atoms with van der Waals surface area (Å²) in [6.07, 6.45) is 3.96. The summed E-state index contributed by atoms with van der Waals surface area (Å²) < 4.78 is 11.0. The second-order valence-electron chi connectivity index (χ2n) is 7.40. The number of hydrogen-bond acceptors (Lipinski definition) is 6. The van der Waals surface area contributed by atoms with Crippen molar-refractivity contribution >= 4 is 28.6 Å². The van der Waals surface area contributed by atoms with Crippen LogP contribution in [0, 0.1) is 0 Å². The number of methoxy groups -OCH3 is 2. The largest absolute Gasteiger partial charge is 0.493 e. The highest BCUT2D eigenvalue weighted by atomic mass is 35.5. The van der Waals surface area contributed by atoms with Crippen LogP contribution in [0.3, 0.4) is 0 Å². The Kier molecular flexibility index (Phi) is 5.45. The zero-order valence-corrected chi connectivity index (χ0v) is 18.2. The van der Waals surface area contributed by atoms with Crippen molar-refractivity contribution < 1.29 is 9.47 Å². The first-order valence-corrected chi connectivity index (χ1v) is 10.2. The summed E-state index contributed by atoms with van der Waals surface area (Å²) in [5.74, 6) is 2.65. The van der Waals surface area contributed by atoms with E-state index < -0.39 is 5.66 Å². The van der Waals surface area contributed by atoms with E-state index in [1.54, 1.807) is 14.2 Å². The molecule has 2 N–H and O–H groups in total. The molecule has 0 fully saturated rings. The number of fused-ring (bicyclic) bond motifs is 1. The zero-order valence-electron chi connectivity index (χ0n) is 17.5. The van der Waals surface area contributed by atoms with Crippen molar-refractivity contribution in [1.82, 2.24) is 10.4 Å². The van der Waals surface area contributed by atoms with Crippen LogP contribution in [0.4, 0.5) is 5.69 Å². The maximum atomic E-state index is 6.04. The van der Waals surface area contributed by atoms with Gasteiger partial charge in [-0.3, -0.25) is 5.01 Å². The number of hydrogen-bond donors (Lipinski definition) is 2. The first-order chi connectivity index (χ1) is 14.5. The van der Waals surface area contributed by atoms with Gasteiger partial charge in [0.25, 0.3) is 0 Å². The summed E-state index contributed by atoms with van der Waals surface area (Å²) >= 11 is 6.04. The Morgan fingerprint density at radius 3 is 2.67 bits per heavy atom. The van der Waals surface area contributed by atoms with Crippen LogP contribution in [-0.4, -0.2) is 30.6 Å². The number of halogens is 1. The molecule has 2 heterocycles. The summed E-state index contributed by atoms with van der Waals surface area (Å²) in [6, 6.07) is 14.0. The third kappa shape index (κ3) is 3.64. The number of alkyl halides is 1. The molecule has 1 unspecified atom stereocenters. The Labute approximate surface area is 181 Å². The molecule has 2 aromatic rings. The van der Waals surface area contributed by atoms with Crippen LogP contribution in [0.5, 0.6) is 11.5 Å². The van der Waals surface area contributed by atoms with E-state index >= 15 is 0 Å². The first-order valence-electron chi connectivity index (χ1n) is 9.68. The van der Waals surface area contributed by atoms with Gasteiger partial charge in [-0.1, -0.05) is 18.2 Å². The fraction of sp³-hybridized carbons (Fsp3) is 0.261. The SMILES string of the molecule is COc1ccc(C2=C3N=C(C)C=CN3NC2(C)Nc2cccc(CCl)c2)cc1OC. The Bertz CT molecular complexity index is 1060. The second kappa shape index (κ2) is 8.05. The van der Waals surface area contributed by atoms with Crippen LogP contribution in [0.25, 0.3) is 5.57 Å². The van der Waals surface area contributed by atoms with Gasteiger partial charge >= 0.3 is 0 Å². The molecule has 1 atom stereocenters. The Balaban J connectivity index is 1.83. The molecule has 0 radical (unpaired) electrons. The van der Waals surface area contributed by atoms with Gasteiger partial charge in [0.2, 0.25) is 0 Å². The van der Waals surface area contributed by atoms with Crippen LogP contribution in [0.15, 0.2) is 65.6 Å². The smallest absolute Gasteiger partial charge is 0.161 e. The van der Waals surface area contributed by atoms with Gasteiger partial charge in [0.1, 0.15) is 5.66 Å². The Morgan fingerprint density at radius 2 is 1.93 bits per heavy atom. The number of rotatable bonds is 6. The molecule has 2 aliphatic heterocycles. The molecule has 7 heteroatoms. The number of aliphatic imine (C=N–C) groups is 1. The summed E-state index contributed by atoms with van der Waals surface area (Å²) in [4.78, 5) is 4.81. The highest BCUT2D eigenvalue weighted by molar-refractivity contribution is 6.17. The van der Waals surface area contributed by atoms with E-state index in [2.05, 4.69) is 23.7 Å². The Morgan fingerprint density at radius 1 is 1.13 bits per heavy atom. The lowest BCUT2D eigenvalue weighted by atomic mass is 9.94. The summed E-state index contributed by atoms with van der Waals surface area (Å²) in [6.45, 7) is 4.08. The number of hydrazine groups is 1. The quantitative estimate of drug-likeness (QED) is 0.655. The van der Waals surface area contributed by atoms with Crippen molar-refractivity contribution in [2.45, 2.75) is 25.4 Å². The number of allylic oxidation sites excluding steroid dienone is 1. The van der Waals surface area contributed by atoms with Crippen LogP contribution < -0.4 is 20.2 Å². The average Bonchev–Trinajstić information content (AvgIpc) is 3.03. The van der Waals surface area contributed by atoms with Crippen molar-refractivity contribution in [3.05, 3.63) is 71.7 Å². The molecule has 0 aliphatic carbocycles. The molecule has 30 heavy (non-hydrogen) atoms. The molecule has 4 rings (SSSR count). The molecule has 0 saturated heterocycles. The van der Waals surface area contributed by atoms with E-state index in [4.69, 9.17) is 26.1 Å². The normalized spacial score (nSPS) is 20.2. The summed E-state index contributed by atoms with van der Waals surface area (Å²) in [5.41, 5.74) is 7.85. The maximum Gasteiger partial charge on any atom is 0.161 e. The fourth-order valence-electron chi connectivity index (χ4n) is 3.82. The number of benzene rings is 2. The van der Waals surface area contributed by atoms with Gasteiger partial charge < -0.3 is 14.8 Å². The fourth-order valence-corrected chi connectivity index (χ4v) is 3.99.